The van der Waals surface area contributed by atoms with Gasteiger partial charge in [0, 0.05) is 114 Å². The number of unbranched alkanes of at least 4 members (excludes halogenated alkanes) is 2. The van der Waals surface area contributed by atoms with Crippen LogP contribution in [0, 0.1) is 47.3 Å². The molecule has 9 amide bonds. The molecule has 2 aromatic carbocycles. The van der Waals surface area contributed by atoms with Crippen molar-refractivity contribution in [2.45, 2.75) is 189 Å². The molecule has 11 atom stereocenters. The maximum absolute atomic E-state index is 14.6. The third-order valence-electron chi connectivity index (χ3n) is 18.5. The maximum Gasteiger partial charge on any atom is 0.312 e. The molecule has 2 aliphatic rings. The largest absolute Gasteiger partial charge is 0.396 e. The SMILES string of the molecule is CC[C@H](C)[C@@H]([C@@H](CC(=O)N1CCC[C@H]1[C@H](CO)[C@@H](C)C(=O)N[C@@H](Cc1ccccc1)C(=O)Cc1ccc(NC(=O)[C@H](CCCNC(N)=O)NC(=O)[C@@H](CC(=O)CCCCCN2C(=O)C=CC2=O)C(C)C)cc1)OC)N(C)C(=O)[C@@H](CC(=O)[C@H](C(C)C)N(C)C)C(C)C. The first-order valence-electron chi connectivity index (χ1n) is 33.1. The van der Waals surface area contributed by atoms with Gasteiger partial charge in [-0.3, -0.25) is 57.7 Å². The molecular weight excluding hydrogens is 1170 g/mol. The number of benzene rings is 2. The molecular formula is C70H107N9O13. The molecule has 22 nitrogen and oxygen atoms in total. The number of nitrogens with two attached hydrogens (primary N) is 1. The van der Waals surface area contributed by atoms with E-state index in [1.807, 2.05) is 105 Å². The number of hydrogen-bond acceptors (Lipinski definition) is 14. The van der Waals surface area contributed by atoms with Crippen molar-refractivity contribution in [3.63, 3.8) is 0 Å². The van der Waals surface area contributed by atoms with Crippen molar-refractivity contribution in [3.05, 3.63) is 77.9 Å². The Balaban J connectivity index is 1.45. The van der Waals surface area contributed by atoms with Crippen molar-refractivity contribution in [1.29, 1.82) is 0 Å². The minimum Gasteiger partial charge on any atom is -0.396 e. The topological polar surface area (TPSA) is 304 Å². The van der Waals surface area contributed by atoms with Gasteiger partial charge in [-0.2, -0.15) is 0 Å². The molecule has 2 heterocycles. The minimum absolute atomic E-state index is 0.0000889. The predicted molar refractivity (Wildman–Crippen MR) is 353 cm³/mol. The van der Waals surface area contributed by atoms with Crippen LogP contribution in [0.15, 0.2) is 66.7 Å². The number of aliphatic hydroxyl groups excluding tert-OH is 1. The number of likely N-dealkylation sites (tertiary alicyclic amines) is 1. The van der Waals surface area contributed by atoms with Gasteiger partial charge in [0.2, 0.25) is 29.5 Å². The average molecular weight is 1280 g/mol. The number of methoxy groups -OCH3 is 1. The van der Waals surface area contributed by atoms with Crippen LogP contribution in [0.25, 0.3) is 0 Å². The van der Waals surface area contributed by atoms with Gasteiger partial charge >= 0.3 is 6.03 Å². The van der Waals surface area contributed by atoms with E-state index < -0.39 is 84.3 Å². The van der Waals surface area contributed by atoms with Crippen LogP contribution in [0.5, 0.6) is 0 Å². The fourth-order valence-electron chi connectivity index (χ4n) is 13.0. The van der Waals surface area contributed by atoms with Gasteiger partial charge in [0.1, 0.15) is 11.8 Å². The summed E-state index contributed by atoms with van der Waals surface area (Å²) in [5.41, 5.74) is 7.01. The summed E-state index contributed by atoms with van der Waals surface area (Å²) in [7, 11) is 7.00. The fourth-order valence-corrected chi connectivity index (χ4v) is 13.0. The molecule has 4 rings (SSSR count). The number of nitrogens with one attached hydrogen (secondary N) is 4. The van der Waals surface area contributed by atoms with Gasteiger partial charge in [0.05, 0.1) is 30.7 Å². The summed E-state index contributed by atoms with van der Waals surface area (Å²) in [5.74, 6) is -6.42. The summed E-state index contributed by atoms with van der Waals surface area (Å²) in [6.45, 7) is 17.6. The number of urea groups is 1. The van der Waals surface area contributed by atoms with Crippen LogP contribution < -0.4 is 27.0 Å². The molecule has 2 aliphatic heterocycles. The number of amides is 9. The first-order chi connectivity index (χ1) is 43.5. The van der Waals surface area contributed by atoms with Crippen LogP contribution in [-0.2, 0) is 65.5 Å². The lowest BCUT2D eigenvalue weighted by atomic mass is 9.83. The number of Topliss-reactive ketones (excluding diaryl/α,β-unsaturated/α-hetero) is 3. The van der Waals surface area contributed by atoms with Gasteiger partial charge in [-0.1, -0.05) is 118 Å². The number of rotatable bonds is 41. The molecule has 0 saturated carbocycles. The van der Waals surface area contributed by atoms with Gasteiger partial charge in [-0.15, -0.1) is 0 Å². The van der Waals surface area contributed by atoms with Gasteiger partial charge in [0.25, 0.3) is 11.8 Å². The van der Waals surface area contributed by atoms with E-state index in [4.69, 9.17) is 10.5 Å². The first kappa shape index (κ1) is 77.3. The van der Waals surface area contributed by atoms with Crippen LogP contribution in [0.2, 0.25) is 0 Å². The highest BCUT2D eigenvalue weighted by molar-refractivity contribution is 6.12. The Morgan fingerprint density at radius 2 is 1.35 bits per heavy atom. The minimum atomic E-state index is -1.08. The number of likely N-dealkylation sites (N-methyl/N-ethyl adjacent to an activating group) is 2. The molecule has 1 fully saturated rings. The molecule has 22 heteroatoms. The van der Waals surface area contributed by atoms with Crippen molar-refractivity contribution in [3.8, 4) is 0 Å². The molecule has 1 saturated heterocycles. The van der Waals surface area contributed by atoms with E-state index in [0.717, 1.165) is 10.5 Å². The zero-order chi connectivity index (χ0) is 68.5. The number of nitrogens with zero attached hydrogens (tertiary/aromatic N) is 4. The number of anilines is 1. The Hall–Kier alpha value is -7.17. The van der Waals surface area contributed by atoms with E-state index in [9.17, 15) is 57.8 Å². The van der Waals surface area contributed by atoms with Crippen molar-refractivity contribution in [2.24, 2.45) is 53.1 Å². The Kier molecular flexibility index (Phi) is 32.0. The molecule has 0 aromatic heterocycles. The number of carbonyl (C=O) groups is 11. The van der Waals surface area contributed by atoms with E-state index in [0.29, 0.717) is 56.3 Å². The molecule has 0 unspecified atom stereocenters. The normalized spacial score (nSPS) is 17.4. The van der Waals surface area contributed by atoms with E-state index in [-0.39, 0.29) is 135 Å². The molecule has 0 spiro atoms. The lowest BCUT2D eigenvalue weighted by Crippen LogP contribution is -2.54. The van der Waals surface area contributed by atoms with E-state index in [1.54, 1.807) is 48.0 Å². The Bertz CT molecular complexity index is 2800. The van der Waals surface area contributed by atoms with Crippen molar-refractivity contribution < 1.29 is 62.6 Å². The van der Waals surface area contributed by atoms with E-state index >= 15 is 0 Å². The summed E-state index contributed by atoms with van der Waals surface area (Å²) in [6, 6.07) is 11.6. The number of aliphatic hydroxyl groups is 1. The third-order valence-corrected chi connectivity index (χ3v) is 18.5. The Labute approximate surface area is 545 Å². The number of imide groups is 1. The number of ether oxygens (including phenoxy) is 1. The zero-order valence-corrected chi connectivity index (χ0v) is 56.9. The summed E-state index contributed by atoms with van der Waals surface area (Å²) >= 11 is 0. The van der Waals surface area contributed by atoms with Crippen LogP contribution in [-0.4, -0.2) is 180 Å². The van der Waals surface area contributed by atoms with Gasteiger partial charge < -0.3 is 46.6 Å². The van der Waals surface area contributed by atoms with Gasteiger partial charge in [-0.05, 0) is 106 Å². The van der Waals surface area contributed by atoms with Gasteiger partial charge in [-0.25, -0.2) is 4.79 Å². The number of carbonyl (C=O) groups excluding carboxylic acids is 11. The van der Waals surface area contributed by atoms with Crippen molar-refractivity contribution in [2.75, 3.05) is 59.8 Å². The number of ketones is 3. The van der Waals surface area contributed by atoms with E-state index in [2.05, 4.69) is 21.3 Å². The maximum atomic E-state index is 14.6. The lowest BCUT2D eigenvalue weighted by molar-refractivity contribution is -0.148. The molecule has 0 radical (unpaired) electrons. The predicted octanol–water partition coefficient (Wildman–Crippen LogP) is 6.45. The zero-order valence-electron chi connectivity index (χ0n) is 56.9. The van der Waals surface area contributed by atoms with Crippen molar-refractivity contribution in [1.82, 2.24) is 35.6 Å². The lowest BCUT2D eigenvalue weighted by Gasteiger charge is -2.41. The monoisotopic (exact) mass is 1280 g/mol. The second kappa shape index (κ2) is 38.1. The average Bonchev–Trinajstić information content (AvgIpc) is 1.50. The summed E-state index contributed by atoms with van der Waals surface area (Å²) in [5, 5.41) is 22.3. The highest BCUT2D eigenvalue weighted by atomic mass is 16.5. The molecule has 510 valence electrons. The Morgan fingerprint density at radius 1 is 0.717 bits per heavy atom. The molecule has 0 aliphatic carbocycles. The standard InChI is InChI=1S/C70H107N9O13/c1-14-46(8)65(77(12)69(90)53(44(4)5)40-59(83)64(45(6)7)76(10)11)60(92-13)41-63(86)78-36-22-27-57(78)54(42-80)47(9)66(87)75-56(37-48-23-17-15-18-24-48)58(82)38-49-28-30-50(31-29-49)73-68(89)55(26-21-34-72-70(71)91)74-67(88)52(43(2)3)39-51(81)25-19-16-20-35-79-61(84)32-33-62(79)85/h15,17-18,23-24,28-33,43-47,52-57,60,64-65,80H,14,16,19-22,25-27,34-42H2,1-13H3,(H,73,89)(H,74,88)(H,75,87)(H3,71,72,91)/t46-,47+,52-,53-,54+,55-,56-,57-,60+,64-,65-/m0/s1. The first-order valence-corrected chi connectivity index (χ1v) is 33.1. The van der Waals surface area contributed by atoms with Crippen LogP contribution >= 0.6 is 0 Å². The third kappa shape index (κ3) is 23.1. The summed E-state index contributed by atoms with van der Waals surface area (Å²) in [6.07, 6.45) is 5.83. The summed E-state index contributed by atoms with van der Waals surface area (Å²) in [4.78, 5) is 154. The molecule has 92 heavy (non-hydrogen) atoms. The van der Waals surface area contributed by atoms with Crippen LogP contribution in [0.4, 0.5) is 10.5 Å². The van der Waals surface area contributed by atoms with Gasteiger partial charge in [0.15, 0.2) is 11.6 Å². The number of primary amides is 1. The second-order valence-electron chi connectivity index (χ2n) is 26.5. The van der Waals surface area contributed by atoms with E-state index in [1.165, 1.54) is 19.3 Å². The fraction of sp³-hybridized carbons (Fsp3) is 0.643. The van der Waals surface area contributed by atoms with Crippen molar-refractivity contribution >= 4 is 70.4 Å². The quantitative estimate of drug-likeness (QED) is 0.0308. The highest BCUT2D eigenvalue weighted by Gasteiger charge is 2.44. The molecule has 7 N–H and O–H groups in total. The Morgan fingerprint density at radius 3 is 1.91 bits per heavy atom. The smallest absolute Gasteiger partial charge is 0.312 e. The molecule has 2 aromatic rings. The molecule has 0 bridgehead atoms. The van der Waals surface area contributed by atoms with Crippen LogP contribution in [0.3, 0.4) is 0 Å². The number of hydrogen-bond donors (Lipinski definition) is 6. The second-order valence-corrected chi connectivity index (χ2v) is 26.5. The summed E-state index contributed by atoms with van der Waals surface area (Å²) < 4.78 is 6.11. The van der Waals surface area contributed by atoms with Crippen LogP contribution in [0.1, 0.15) is 150 Å². The highest BCUT2D eigenvalue weighted by Crippen LogP contribution is 2.33.